The number of aromatic amines is 1. The second-order valence-electron chi connectivity index (χ2n) is 4.20. The van der Waals surface area contributed by atoms with Crippen molar-refractivity contribution in [2.45, 2.75) is 6.54 Å². The Balaban J connectivity index is 2.10. The number of aromatic nitrogens is 4. The van der Waals surface area contributed by atoms with E-state index in [0.717, 1.165) is 0 Å². The Morgan fingerprint density at radius 3 is 2.90 bits per heavy atom. The molecule has 0 unspecified atom stereocenters. The summed E-state index contributed by atoms with van der Waals surface area (Å²) in [5.74, 6) is 0.430. The average molecular weight is 380 g/mol. The molecule has 0 aliphatic carbocycles. The van der Waals surface area contributed by atoms with Gasteiger partial charge in [0, 0.05) is 6.20 Å². The third kappa shape index (κ3) is 2.36. The normalized spacial score (nSPS) is 10.8. The summed E-state index contributed by atoms with van der Waals surface area (Å²) in [6.45, 7) is 0.183. The lowest BCUT2D eigenvalue weighted by atomic mass is 10.2. The molecule has 0 aliphatic heterocycles. The molecule has 7 heteroatoms. The molecule has 3 aromatic rings. The predicted octanol–water partition coefficient (Wildman–Crippen LogP) is 1.13. The van der Waals surface area contributed by atoms with Crippen LogP contribution in [0.25, 0.3) is 10.9 Å². The number of para-hydroxylation sites is 1. The lowest BCUT2D eigenvalue weighted by molar-refractivity contribution is 0.693. The van der Waals surface area contributed by atoms with E-state index in [4.69, 9.17) is 0 Å². The van der Waals surface area contributed by atoms with Gasteiger partial charge in [-0.3, -0.25) is 14.2 Å². The van der Waals surface area contributed by atoms with Crippen molar-refractivity contribution in [2.24, 2.45) is 0 Å². The molecular weight excluding hydrogens is 371 g/mol. The Bertz CT molecular complexity index is 901. The van der Waals surface area contributed by atoms with E-state index in [0.29, 0.717) is 20.3 Å². The van der Waals surface area contributed by atoms with Gasteiger partial charge < -0.3 is 4.98 Å². The first-order valence-corrected chi connectivity index (χ1v) is 6.91. The van der Waals surface area contributed by atoms with Crippen LogP contribution in [0.4, 0.5) is 0 Å². The first kappa shape index (κ1) is 13.0. The summed E-state index contributed by atoms with van der Waals surface area (Å²) in [7, 11) is 0. The fraction of sp³-hybridized carbons (Fsp3) is 0.0769. The lowest BCUT2D eigenvalue weighted by Gasteiger charge is -2.05. The van der Waals surface area contributed by atoms with Crippen LogP contribution in [0.1, 0.15) is 5.82 Å². The maximum Gasteiger partial charge on any atom is 0.267 e. The van der Waals surface area contributed by atoms with Crippen LogP contribution in [0.5, 0.6) is 0 Å². The molecule has 2 heterocycles. The van der Waals surface area contributed by atoms with Gasteiger partial charge >= 0.3 is 0 Å². The van der Waals surface area contributed by atoms with Gasteiger partial charge in [-0.05, 0) is 34.7 Å². The second-order valence-corrected chi connectivity index (χ2v) is 5.37. The number of benzene rings is 1. The first-order valence-electron chi connectivity index (χ1n) is 5.83. The van der Waals surface area contributed by atoms with Gasteiger partial charge in [-0.15, -0.1) is 0 Å². The third-order valence-electron chi connectivity index (χ3n) is 2.84. The fourth-order valence-corrected chi connectivity index (χ4v) is 2.38. The second kappa shape index (κ2) is 5.16. The highest BCUT2D eigenvalue weighted by Gasteiger charge is 2.06. The quantitative estimate of drug-likeness (QED) is 0.676. The van der Waals surface area contributed by atoms with E-state index < -0.39 is 0 Å². The van der Waals surface area contributed by atoms with E-state index in [9.17, 15) is 9.59 Å². The molecule has 3 rings (SSSR count). The molecule has 0 fully saturated rings. The zero-order valence-electron chi connectivity index (χ0n) is 10.2. The largest absolute Gasteiger partial charge is 0.308 e. The smallest absolute Gasteiger partial charge is 0.267 e. The van der Waals surface area contributed by atoms with E-state index in [1.54, 1.807) is 18.2 Å². The third-order valence-corrected chi connectivity index (χ3v) is 3.58. The summed E-state index contributed by atoms with van der Waals surface area (Å²) in [4.78, 5) is 34.9. The lowest BCUT2D eigenvalue weighted by Crippen LogP contribution is -2.25. The zero-order valence-corrected chi connectivity index (χ0v) is 12.4. The summed E-state index contributed by atoms with van der Waals surface area (Å²) in [5.41, 5.74) is 0.242. The first-order chi connectivity index (χ1) is 9.65. The van der Waals surface area contributed by atoms with Crippen molar-refractivity contribution in [3.8, 4) is 0 Å². The van der Waals surface area contributed by atoms with Crippen molar-refractivity contribution in [2.75, 3.05) is 0 Å². The molecule has 0 bridgehead atoms. The SMILES string of the molecule is O=c1[nH]c(Cn2cncc(I)c2=O)nc2ccccc12. The molecular formula is C13H9IN4O2. The maximum absolute atomic E-state index is 11.9. The monoisotopic (exact) mass is 380 g/mol. The predicted molar refractivity (Wildman–Crippen MR) is 82.7 cm³/mol. The average Bonchev–Trinajstić information content (AvgIpc) is 2.44. The van der Waals surface area contributed by atoms with Crippen LogP contribution in [-0.2, 0) is 6.54 Å². The minimum absolute atomic E-state index is 0.156. The van der Waals surface area contributed by atoms with E-state index in [1.165, 1.54) is 17.1 Å². The van der Waals surface area contributed by atoms with Crippen molar-refractivity contribution in [3.05, 3.63) is 66.9 Å². The minimum Gasteiger partial charge on any atom is -0.308 e. The molecule has 0 radical (unpaired) electrons. The molecule has 0 amide bonds. The van der Waals surface area contributed by atoms with Crippen LogP contribution < -0.4 is 11.1 Å². The number of fused-ring (bicyclic) bond motifs is 1. The molecule has 0 aliphatic rings. The van der Waals surface area contributed by atoms with Crippen molar-refractivity contribution >= 4 is 33.5 Å². The fourth-order valence-electron chi connectivity index (χ4n) is 1.91. The van der Waals surface area contributed by atoms with Crippen LogP contribution >= 0.6 is 22.6 Å². The van der Waals surface area contributed by atoms with Crippen molar-refractivity contribution in [3.63, 3.8) is 0 Å². The molecule has 0 saturated heterocycles. The molecule has 100 valence electrons. The Labute approximate surface area is 126 Å². The van der Waals surface area contributed by atoms with Gasteiger partial charge in [-0.2, -0.15) is 0 Å². The number of hydrogen-bond donors (Lipinski definition) is 1. The van der Waals surface area contributed by atoms with Gasteiger partial charge in [0.05, 0.1) is 27.3 Å². The molecule has 20 heavy (non-hydrogen) atoms. The van der Waals surface area contributed by atoms with Crippen LogP contribution in [-0.4, -0.2) is 19.5 Å². The highest BCUT2D eigenvalue weighted by Crippen LogP contribution is 2.06. The molecule has 1 N–H and O–H groups in total. The zero-order chi connectivity index (χ0) is 14.1. The van der Waals surface area contributed by atoms with E-state index >= 15 is 0 Å². The molecule has 0 saturated carbocycles. The maximum atomic E-state index is 11.9. The van der Waals surface area contributed by atoms with Crippen molar-refractivity contribution in [1.29, 1.82) is 0 Å². The van der Waals surface area contributed by atoms with E-state index in [1.807, 2.05) is 28.7 Å². The molecule has 2 aromatic heterocycles. The van der Waals surface area contributed by atoms with E-state index in [2.05, 4.69) is 15.0 Å². The number of halogens is 1. The minimum atomic E-state index is -0.211. The topological polar surface area (TPSA) is 80.6 Å². The molecule has 0 atom stereocenters. The Morgan fingerprint density at radius 1 is 1.25 bits per heavy atom. The highest BCUT2D eigenvalue weighted by molar-refractivity contribution is 14.1. The Hall–Kier alpha value is -2.03. The van der Waals surface area contributed by atoms with Gasteiger partial charge in [0.25, 0.3) is 11.1 Å². The highest BCUT2D eigenvalue weighted by atomic mass is 127. The van der Waals surface area contributed by atoms with Gasteiger partial charge in [-0.1, -0.05) is 12.1 Å². The number of nitrogens with one attached hydrogen (secondary N) is 1. The van der Waals surface area contributed by atoms with Crippen molar-refractivity contribution < 1.29 is 0 Å². The standard InChI is InChI=1S/C13H9IN4O2/c14-9-5-15-7-18(13(9)20)6-11-16-10-4-2-1-3-8(10)12(19)17-11/h1-5,7H,6H2,(H,16,17,19). The van der Waals surface area contributed by atoms with Gasteiger partial charge in [0.15, 0.2) is 0 Å². The number of hydrogen-bond acceptors (Lipinski definition) is 4. The van der Waals surface area contributed by atoms with Crippen LogP contribution in [0.15, 0.2) is 46.4 Å². The Morgan fingerprint density at radius 2 is 2.05 bits per heavy atom. The van der Waals surface area contributed by atoms with Gasteiger partial charge in [0.1, 0.15) is 5.82 Å². The van der Waals surface area contributed by atoms with Gasteiger partial charge in [-0.25, -0.2) is 9.97 Å². The van der Waals surface area contributed by atoms with Crippen LogP contribution in [0.3, 0.4) is 0 Å². The van der Waals surface area contributed by atoms with Crippen LogP contribution in [0.2, 0.25) is 0 Å². The summed E-state index contributed by atoms with van der Waals surface area (Å²) >= 11 is 1.93. The summed E-state index contributed by atoms with van der Waals surface area (Å²) in [6, 6.07) is 7.08. The van der Waals surface area contributed by atoms with Crippen LogP contribution in [0, 0.1) is 3.57 Å². The number of nitrogens with zero attached hydrogens (tertiary/aromatic N) is 3. The molecule has 0 spiro atoms. The summed E-state index contributed by atoms with van der Waals surface area (Å²) in [6.07, 6.45) is 2.93. The number of H-pyrrole nitrogens is 1. The summed E-state index contributed by atoms with van der Waals surface area (Å²) < 4.78 is 1.93. The molecule has 1 aromatic carbocycles. The van der Waals surface area contributed by atoms with Crippen molar-refractivity contribution in [1.82, 2.24) is 19.5 Å². The number of rotatable bonds is 2. The molecule has 6 nitrogen and oxygen atoms in total. The van der Waals surface area contributed by atoms with Gasteiger partial charge in [0.2, 0.25) is 0 Å². The Kier molecular flexibility index (Phi) is 3.35. The van der Waals surface area contributed by atoms with E-state index in [-0.39, 0.29) is 17.7 Å². The summed E-state index contributed by atoms with van der Waals surface area (Å²) in [5, 5.41) is 0.532.